The Kier molecular flexibility index (Phi) is 10.0. The topological polar surface area (TPSA) is 117 Å². The number of aliphatic hydroxyl groups excluding tert-OH is 1. The third-order valence-corrected chi connectivity index (χ3v) is 6.72. The largest absolute Gasteiger partial charge is 0.506 e. The van der Waals surface area contributed by atoms with Crippen molar-refractivity contribution in [3.63, 3.8) is 0 Å². The number of hydrogen-bond donors (Lipinski definition) is 4. The second-order valence-corrected chi connectivity index (χ2v) is 11.0. The SMILES string of the molecule is COc1ccc([C@@H](CCc2ccc(Cl)cc2)NCC(O)Cc2ccc(O)c(NS(C)(=O)=O)c2)cc1OC. The minimum absolute atomic E-state index is 0.0753. The summed E-state index contributed by atoms with van der Waals surface area (Å²) in [4.78, 5) is 0. The van der Waals surface area contributed by atoms with E-state index in [2.05, 4.69) is 10.0 Å². The number of methoxy groups -OCH3 is 2. The highest BCUT2D eigenvalue weighted by Crippen LogP contribution is 2.32. The van der Waals surface area contributed by atoms with Gasteiger partial charge in [0, 0.05) is 17.6 Å². The third-order valence-electron chi connectivity index (χ3n) is 5.87. The van der Waals surface area contributed by atoms with Gasteiger partial charge in [-0.25, -0.2) is 8.42 Å². The molecule has 0 aliphatic heterocycles. The molecule has 0 spiro atoms. The Morgan fingerprint density at radius 1 is 0.946 bits per heavy atom. The summed E-state index contributed by atoms with van der Waals surface area (Å²) in [5.74, 6) is 1.07. The van der Waals surface area contributed by atoms with E-state index in [4.69, 9.17) is 21.1 Å². The quantitative estimate of drug-likeness (QED) is 0.235. The number of anilines is 1. The predicted octanol–water partition coefficient (Wildman–Crippen LogP) is 4.30. The number of nitrogens with one attached hydrogen (secondary N) is 2. The molecule has 1 unspecified atom stereocenters. The molecule has 37 heavy (non-hydrogen) atoms. The maximum Gasteiger partial charge on any atom is 0.229 e. The molecular weight excluding hydrogens is 516 g/mol. The van der Waals surface area contributed by atoms with Gasteiger partial charge in [-0.2, -0.15) is 0 Å². The van der Waals surface area contributed by atoms with Gasteiger partial charge in [-0.15, -0.1) is 0 Å². The van der Waals surface area contributed by atoms with Crippen LogP contribution in [0.1, 0.15) is 29.2 Å². The van der Waals surface area contributed by atoms with Gasteiger partial charge in [-0.1, -0.05) is 35.9 Å². The maximum atomic E-state index is 11.6. The van der Waals surface area contributed by atoms with E-state index >= 15 is 0 Å². The highest BCUT2D eigenvalue weighted by atomic mass is 35.5. The van der Waals surface area contributed by atoms with Crippen LogP contribution in [0, 0.1) is 0 Å². The minimum Gasteiger partial charge on any atom is -0.506 e. The van der Waals surface area contributed by atoms with Crippen molar-refractivity contribution in [3.8, 4) is 17.2 Å². The Morgan fingerprint density at radius 3 is 2.27 bits per heavy atom. The van der Waals surface area contributed by atoms with E-state index in [1.54, 1.807) is 20.3 Å². The van der Waals surface area contributed by atoms with E-state index in [0.717, 1.165) is 30.2 Å². The summed E-state index contributed by atoms with van der Waals surface area (Å²) < 4.78 is 36.2. The van der Waals surface area contributed by atoms with Crippen LogP contribution < -0.4 is 19.5 Å². The van der Waals surface area contributed by atoms with Gasteiger partial charge in [0.2, 0.25) is 10.0 Å². The number of aromatic hydroxyl groups is 1. The van der Waals surface area contributed by atoms with Crippen LogP contribution in [0.15, 0.2) is 60.7 Å². The highest BCUT2D eigenvalue weighted by molar-refractivity contribution is 7.92. The second-order valence-electron chi connectivity index (χ2n) is 8.82. The smallest absolute Gasteiger partial charge is 0.229 e. The molecular formula is C27H33ClN2O6S. The number of benzene rings is 3. The van der Waals surface area contributed by atoms with Crippen molar-refractivity contribution in [1.82, 2.24) is 5.32 Å². The second kappa shape index (κ2) is 13.0. The number of hydrogen-bond acceptors (Lipinski definition) is 7. The highest BCUT2D eigenvalue weighted by Gasteiger charge is 2.17. The molecule has 0 aliphatic rings. The van der Waals surface area contributed by atoms with Crippen LogP contribution in [0.5, 0.6) is 17.2 Å². The van der Waals surface area contributed by atoms with Gasteiger partial charge in [-0.3, -0.25) is 4.72 Å². The molecule has 4 N–H and O–H groups in total. The van der Waals surface area contributed by atoms with Crippen LogP contribution in [0.2, 0.25) is 5.02 Å². The van der Waals surface area contributed by atoms with E-state index in [1.165, 1.54) is 12.1 Å². The molecule has 0 amide bonds. The first kappa shape index (κ1) is 28.6. The molecule has 200 valence electrons. The molecule has 0 heterocycles. The molecule has 0 bridgehead atoms. The van der Waals surface area contributed by atoms with E-state index in [-0.39, 0.29) is 30.4 Å². The first-order valence-corrected chi connectivity index (χ1v) is 14.0. The van der Waals surface area contributed by atoms with Gasteiger partial charge in [0.1, 0.15) is 5.75 Å². The first-order valence-electron chi connectivity index (χ1n) is 11.8. The van der Waals surface area contributed by atoms with Gasteiger partial charge < -0.3 is 25.0 Å². The number of aliphatic hydroxyl groups is 1. The molecule has 0 radical (unpaired) electrons. The van der Waals surface area contributed by atoms with Crippen molar-refractivity contribution in [2.75, 3.05) is 31.7 Å². The molecule has 0 aliphatic carbocycles. The normalized spacial score (nSPS) is 13.1. The Hall–Kier alpha value is -2.98. The molecule has 10 heteroatoms. The van der Waals surface area contributed by atoms with Crippen LogP contribution in [0.4, 0.5) is 5.69 Å². The Bertz CT molecular complexity index is 1280. The number of halogens is 1. The maximum absolute atomic E-state index is 11.6. The lowest BCUT2D eigenvalue weighted by atomic mass is 9.98. The molecule has 8 nitrogen and oxygen atoms in total. The van der Waals surface area contributed by atoms with E-state index < -0.39 is 16.1 Å². The van der Waals surface area contributed by atoms with Crippen molar-refractivity contribution < 1.29 is 28.1 Å². The molecule has 3 aromatic carbocycles. The zero-order valence-corrected chi connectivity index (χ0v) is 22.6. The molecule has 0 saturated heterocycles. The van der Waals surface area contributed by atoms with Crippen LogP contribution >= 0.6 is 11.6 Å². The third kappa shape index (κ3) is 8.82. The molecule has 0 fully saturated rings. The van der Waals surface area contributed by atoms with Crippen molar-refractivity contribution in [2.45, 2.75) is 31.4 Å². The number of ether oxygens (including phenoxy) is 2. The lowest BCUT2D eigenvalue weighted by Gasteiger charge is -2.23. The number of sulfonamides is 1. The standard InChI is InChI=1S/C27H33ClN2O6S/c1-35-26-13-8-20(16-27(26)36-2)23(11-6-18-4-9-21(28)10-5-18)29-17-22(31)14-19-7-12-25(32)24(15-19)30-37(3,33)34/h4-5,7-10,12-13,15-16,22-23,29-32H,6,11,14,17H2,1-3H3/t22?,23-/m1/s1. The monoisotopic (exact) mass is 548 g/mol. The molecule has 0 saturated carbocycles. The molecule has 3 rings (SSSR count). The zero-order chi connectivity index (χ0) is 27.0. The Labute approximate surface area is 223 Å². The fraction of sp³-hybridized carbons (Fsp3) is 0.333. The first-order chi connectivity index (χ1) is 17.6. The summed E-state index contributed by atoms with van der Waals surface area (Å²) >= 11 is 6.02. The van der Waals surface area contributed by atoms with Gasteiger partial charge in [0.15, 0.2) is 11.5 Å². The van der Waals surface area contributed by atoms with Gasteiger partial charge in [0.25, 0.3) is 0 Å². The number of phenols is 1. The van der Waals surface area contributed by atoms with E-state index in [9.17, 15) is 18.6 Å². The van der Waals surface area contributed by atoms with Crippen LogP contribution in [0.3, 0.4) is 0 Å². The van der Waals surface area contributed by atoms with Gasteiger partial charge in [-0.05, 0) is 72.4 Å². The summed E-state index contributed by atoms with van der Waals surface area (Å²) in [5.41, 5.74) is 2.89. The van der Waals surface area contributed by atoms with E-state index in [1.807, 2.05) is 42.5 Å². The number of aryl methyl sites for hydroxylation is 1. The van der Waals surface area contributed by atoms with Crippen molar-refractivity contribution in [3.05, 3.63) is 82.4 Å². The van der Waals surface area contributed by atoms with Gasteiger partial charge in [0.05, 0.1) is 32.3 Å². The lowest BCUT2D eigenvalue weighted by molar-refractivity contribution is 0.166. The predicted molar refractivity (Wildman–Crippen MR) is 146 cm³/mol. The fourth-order valence-electron chi connectivity index (χ4n) is 4.03. The molecule has 3 aromatic rings. The average Bonchev–Trinajstić information content (AvgIpc) is 2.86. The fourth-order valence-corrected chi connectivity index (χ4v) is 4.72. The van der Waals surface area contributed by atoms with Gasteiger partial charge >= 0.3 is 0 Å². The summed E-state index contributed by atoms with van der Waals surface area (Å²) in [7, 11) is -0.374. The summed E-state index contributed by atoms with van der Waals surface area (Å²) in [6, 6.07) is 18.0. The van der Waals surface area contributed by atoms with Crippen molar-refractivity contribution in [2.24, 2.45) is 0 Å². The lowest BCUT2D eigenvalue weighted by Crippen LogP contribution is -2.32. The summed E-state index contributed by atoms with van der Waals surface area (Å²) in [6.45, 7) is 0.287. The summed E-state index contributed by atoms with van der Waals surface area (Å²) in [5, 5.41) is 24.9. The Balaban J connectivity index is 1.72. The van der Waals surface area contributed by atoms with Crippen LogP contribution in [0.25, 0.3) is 0 Å². The van der Waals surface area contributed by atoms with E-state index in [0.29, 0.717) is 22.1 Å². The minimum atomic E-state index is -3.55. The van der Waals surface area contributed by atoms with Crippen LogP contribution in [-0.4, -0.2) is 51.8 Å². The number of rotatable bonds is 13. The molecule has 0 aromatic heterocycles. The summed E-state index contributed by atoms with van der Waals surface area (Å²) in [6.07, 6.45) is 2.06. The Morgan fingerprint density at radius 2 is 1.62 bits per heavy atom. The van der Waals surface area contributed by atoms with Crippen LogP contribution in [-0.2, 0) is 22.9 Å². The average molecular weight is 549 g/mol. The number of phenolic OH excluding ortho intramolecular Hbond substituents is 1. The van der Waals surface area contributed by atoms with Crippen molar-refractivity contribution in [1.29, 1.82) is 0 Å². The zero-order valence-electron chi connectivity index (χ0n) is 21.1. The molecule has 2 atom stereocenters. The van der Waals surface area contributed by atoms with Crippen molar-refractivity contribution >= 4 is 27.3 Å².